The molecule has 4 heterocycles. The molecule has 1 aromatic heterocycles. The third kappa shape index (κ3) is 4.01. The Hall–Kier alpha value is -2.32. The van der Waals surface area contributed by atoms with Crippen molar-refractivity contribution in [3.05, 3.63) is 42.2 Å². The summed E-state index contributed by atoms with van der Waals surface area (Å²) in [7, 11) is -3.42. The molecule has 2 aromatic rings. The zero-order valence-electron chi connectivity index (χ0n) is 15.1. The Morgan fingerprint density at radius 2 is 1.89 bits per heavy atom. The average molecular weight is 389 g/mol. The lowest BCUT2D eigenvalue weighted by Gasteiger charge is -2.44. The predicted octanol–water partition coefficient (Wildman–Crippen LogP) is 2.14. The first-order valence-electron chi connectivity index (χ1n) is 9.09. The van der Waals surface area contributed by atoms with Crippen molar-refractivity contribution >= 4 is 21.6 Å². The molecule has 27 heavy (non-hydrogen) atoms. The Morgan fingerprint density at radius 3 is 2.56 bits per heavy atom. The van der Waals surface area contributed by atoms with Crippen molar-refractivity contribution in [1.82, 2.24) is 10.2 Å². The second kappa shape index (κ2) is 7.01. The van der Waals surface area contributed by atoms with Crippen LogP contribution in [0.4, 0.5) is 5.69 Å². The van der Waals surface area contributed by atoms with Crippen LogP contribution in [-0.2, 0) is 10.0 Å². The summed E-state index contributed by atoms with van der Waals surface area (Å²) in [4.78, 5) is 15.0. The molecule has 0 aliphatic carbocycles. The van der Waals surface area contributed by atoms with Gasteiger partial charge in [0, 0.05) is 18.2 Å². The molecule has 3 saturated heterocycles. The second-order valence-corrected chi connectivity index (χ2v) is 9.05. The highest BCUT2D eigenvalue weighted by molar-refractivity contribution is 7.92. The Balaban J connectivity index is 1.51. The van der Waals surface area contributed by atoms with Gasteiger partial charge in [0.25, 0.3) is 5.91 Å². The van der Waals surface area contributed by atoms with Gasteiger partial charge in [0.15, 0.2) is 5.76 Å². The van der Waals surface area contributed by atoms with E-state index in [0.717, 1.165) is 38.7 Å². The summed E-state index contributed by atoms with van der Waals surface area (Å²) in [5.41, 5.74) is 1.00. The number of rotatable bonds is 5. The summed E-state index contributed by atoms with van der Waals surface area (Å²) in [5.74, 6) is 0.984. The van der Waals surface area contributed by atoms with Crippen molar-refractivity contribution in [2.75, 3.05) is 30.6 Å². The summed E-state index contributed by atoms with van der Waals surface area (Å²) < 4.78 is 31.4. The van der Waals surface area contributed by atoms with Crippen LogP contribution in [0, 0.1) is 5.92 Å². The number of hydrogen-bond donors (Lipinski definition) is 2. The Morgan fingerprint density at radius 1 is 1.15 bits per heavy atom. The summed E-state index contributed by atoms with van der Waals surface area (Å²) in [6.07, 6.45) is 3.34. The molecule has 3 fully saturated rings. The highest BCUT2D eigenvalue weighted by Crippen LogP contribution is 2.31. The fourth-order valence-corrected chi connectivity index (χ4v) is 4.54. The topological polar surface area (TPSA) is 91.6 Å². The van der Waals surface area contributed by atoms with E-state index in [1.54, 1.807) is 36.4 Å². The number of piperidine rings is 3. The van der Waals surface area contributed by atoms with Gasteiger partial charge in [0.2, 0.25) is 10.0 Å². The SMILES string of the molecule is CS(=O)(=O)Nc1ccccc1-c1ccc(C(=O)N[C@H]2CN3CCC2CC3)o1. The summed E-state index contributed by atoms with van der Waals surface area (Å²) in [6.45, 7) is 3.13. The third-order valence-corrected chi connectivity index (χ3v) is 5.88. The van der Waals surface area contributed by atoms with Crippen molar-refractivity contribution < 1.29 is 17.6 Å². The number of carbonyl (C=O) groups excluding carboxylic acids is 1. The maximum absolute atomic E-state index is 12.6. The molecular formula is C19H23N3O4S. The van der Waals surface area contributed by atoms with E-state index in [4.69, 9.17) is 4.42 Å². The number of anilines is 1. The molecule has 1 aromatic carbocycles. The number of fused-ring (bicyclic) bond motifs is 3. The van der Waals surface area contributed by atoms with Crippen LogP contribution in [0.3, 0.4) is 0 Å². The van der Waals surface area contributed by atoms with Gasteiger partial charge in [0.1, 0.15) is 5.76 Å². The zero-order chi connectivity index (χ0) is 19.0. The normalized spacial score (nSPS) is 24.6. The van der Waals surface area contributed by atoms with E-state index in [0.29, 0.717) is 22.9 Å². The zero-order valence-corrected chi connectivity index (χ0v) is 16.0. The van der Waals surface area contributed by atoms with Crippen LogP contribution in [-0.4, -0.2) is 51.2 Å². The van der Waals surface area contributed by atoms with Gasteiger partial charge >= 0.3 is 0 Å². The van der Waals surface area contributed by atoms with Gasteiger partial charge in [0.05, 0.1) is 11.9 Å². The predicted molar refractivity (Wildman–Crippen MR) is 103 cm³/mol. The maximum Gasteiger partial charge on any atom is 0.287 e. The molecule has 3 aliphatic heterocycles. The Bertz CT molecular complexity index is 945. The number of nitrogens with zero attached hydrogens (tertiary/aromatic N) is 1. The fourth-order valence-electron chi connectivity index (χ4n) is 3.96. The smallest absolute Gasteiger partial charge is 0.287 e. The molecule has 1 atom stereocenters. The van der Waals surface area contributed by atoms with Gasteiger partial charge in [-0.2, -0.15) is 0 Å². The van der Waals surface area contributed by atoms with Gasteiger partial charge in [-0.25, -0.2) is 8.42 Å². The van der Waals surface area contributed by atoms with Crippen LogP contribution in [0.5, 0.6) is 0 Å². The minimum Gasteiger partial charge on any atom is -0.451 e. The first-order chi connectivity index (χ1) is 12.9. The minimum atomic E-state index is -3.42. The summed E-state index contributed by atoms with van der Waals surface area (Å²) >= 11 is 0. The van der Waals surface area contributed by atoms with Crippen LogP contribution in [0.2, 0.25) is 0 Å². The van der Waals surface area contributed by atoms with Crippen LogP contribution in [0.25, 0.3) is 11.3 Å². The van der Waals surface area contributed by atoms with E-state index < -0.39 is 10.0 Å². The molecule has 5 rings (SSSR count). The van der Waals surface area contributed by atoms with Gasteiger partial charge in [-0.1, -0.05) is 12.1 Å². The number of amides is 1. The maximum atomic E-state index is 12.6. The first kappa shape index (κ1) is 18.1. The van der Waals surface area contributed by atoms with Crippen molar-refractivity contribution in [1.29, 1.82) is 0 Å². The lowest BCUT2D eigenvalue weighted by Crippen LogP contribution is -2.57. The molecular weight excluding hydrogens is 366 g/mol. The number of carbonyl (C=O) groups is 1. The van der Waals surface area contributed by atoms with E-state index in [1.807, 2.05) is 0 Å². The summed E-state index contributed by atoms with van der Waals surface area (Å²) in [6, 6.07) is 10.4. The third-order valence-electron chi connectivity index (χ3n) is 5.29. The second-order valence-electron chi connectivity index (χ2n) is 7.30. The molecule has 0 saturated carbocycles. The van der Waals surface area contributed by atoms with E-state index in [-0.39, 0.29) is 17.7 Å². The van der Waals surface area contributed by atoms with Gasteiger partial charge in [-0.3, -0.25) is 9.52 Å². The van der Waals surface area contributed by atoms with Crippen molar-refractivity contribution in [3.63, 3.8) is 0 Å². The average Bonchev–Trinajstić information content (AvgIpc) is 3.12. The number of benzene rings is 1. The van der Waals surface area contributed by atoms with Crippen molar-refractivity contribution in [3.8, 4) is 11.3 Å². The van der Waals surface area contributed by atoms with Crippen molar-refractivity contribution in [2.24, 2.45) is 5.92 Å². The minimum absolute atomic E-state index is 0.160. The van der Waals surface area contributed by atoms with Gasteiger partial charge < -0.3 is 14.6 Å². The standard InChI is InChI=1S/C19H23N3O4S/c1-27(24,25)21-15-5-3-2-4-14(15)17-6-7-18(26-17)19(23)20-16-12-22-10-8-13(16)9-11-22/h2-7,13,16,21H,8-12H2,1H3,(H,20,23)/t16-/m0/s1. The fraction of sp³-hybridized carbons (Fsp3) is 0.421. The number of furan rings is 1. The Labute approximate surface area is 158 Å². The monoisotopic (exact) mass is 389 g/mol. The van der Waals surface area contributed by atoms with Crippen molar-refractivity contribution in [2.45, 2.75) is 18.9 Å². The first-order valence-corrected chi connectivity index (χ1v) is 11.0. The number of nitrogens with one attached hydrogen (secondary N) is 2. The molecule has 8 heteroatoms. The number of sulfonamides is 1. The van der Waals surface area contributed by atoms with E-state index in [9.17, 15) is 13.2 Å². The van der Waals surface area contributed by atoms with Crippen LogP contribution in [0.1, 0.15) is 23.4 Å². The highest BCUT2D eigenvalue weighted by Gasteiger charge is 2.35. The largest absolute Gasteiger partial charge is 0.451 e. The highest BCUT2D eigenvalue weighted by atomic mass is 32.2. The number of para-hydroxylation sites is 1. The van der Waals surface area contributed by atoms with Crippen LogP contribution >= 0.6 is 0 Å². The van der Waals surface area contributed by atoms with E-state index in [1.165, 1.54) is 0 Å². The van der Waals surface area contributed by atoms with E-state index in [2.05, 4.69) is 14.9 Å². The van der Waals surface area contributed by atoms with E-state index >= 15 is 0 Å². The molecule has 7 nitrogen and oxygen atoms in total. The molecule has 1 amide bonds. The lowest BCUT2D eigenvalue weighted by atomic mass is 9.84. The number of hydrogen-bond acceptors (Lipinski definition) is 5. The lowest BCUT2D eigenvalue weighted by molar-refractivity contribution is 0.0606. The van der Waals surface area contributed by atoms with Gasteiger partial charge in [-0.05, 0) is 56.1 Å². The molecule has 144 valence electrons. The van der Waals surface area contributed by atoms with Crippen LogP contribution < -0.4 is 10.0 Å². The molecule has 0 unspecified atom stereocenters. The Kier molecular flexibility index (Phi) is 4.69. The van der Waals surface area contributed by atoms with Crippen LogP contribution in [0.15, 0.2) is 40.8 Å². The quantitative estimate of drug-likeness (QED) is 0.818. The molecule has 2 N–H and O–H groups in total. The molecule has 0 spiro atoms. The summed E-state index contributed by atoms with van der Waals surface area (Å²) in [5, 5.41) is 3.10. The van der Waals surface area contributed by atoms with Gasteiger partial charge in [-0.15, -0.1) is 0 Å². The molecule has 3 aliphatic rings. The molecule has 2 bridgehead atoms. The molecule has 0 radical (unpaired) electrons.